The molecule has 2 heterocycles. The lowest BCUT2D eigenvalue weighted by atomic mass is 10.1. The minimum Gasteiger partial charge on any atom is -0.493 e. The van der Waals surface area contributed by atoms with Gasteiger partial charge in [-0.2, -0.15) is 0 Å². The minimum absolute atomic E-state index is 0.00728. The van der Waals surface area contributed by atoms with E-state index in [1.165, 1.54) is 18.3 Å². The van der Waals surface area contributed by atoms with Crippen molar-refractivity contribution in [3.63, 3.8) is 0 Å². The molecular weight excluding hydrogens is 404 g/mol. The quantitative estimate of drug-likeness (QED) is 0.438. The van der Waals surface area contributed by atoms with Crippen LogP contribution >= 0.6 is 11.3 Å². The molecule has 1 N–H and O–H groups in total. The van der Waals surface area contributed by atoms with Crippen LogP contribution in [0.4, 0.5) is 5.13 Å². The molecule has 0 radical (unpaired) electrons. The second-order valence-electron chi connectivity index (χ2n) is 6.45. The molecule has 4 aromatic rings. The summed E-state index contributed by atoms with van der Waals surface area (Å²) < 4.78 is 17.1. The van der Waals surface area contributed by atoms with Crippen LogP contribution in [0.25, 0.3) is 21.5 Å². The van der Waals surface area contributed by atoms with Gasteiger partial charge in [-0.1, -0.05) is 35.6 Å². The number of nitrogens with zero attached hydrogens (tertiary/aromatic N) is 1. The molecule has 30 heavy (non-hydrogen) atoms. The molecule has 0 atom stereocenters. The summed E-state index contributed by atoms with van der Waals surface area (Å²) >= 11 is 1.32. The molecule has 2 aromatic carbocycles. The highest BCUT2D eigenvalue weighted by Crippen LogP contribution is 2.36. The molecule has 0 aliphatic carbocycles. The SMILES string of the molecule is COc1cc2nc(NC(=O)c3ccc(-c4ccc(C(C)=O)cc4)o3)sc2cc1OC. The number of ketones is 1. The Kier molecular flexibility index (Phi) is 5.24. The predicted octanol–water partition coefficient (Wildman–Crippen LogP) is 5.03. The lowest BCUT2D eigenvalue weighted by Gasteiger charge is -2.05. The standard InChI is InChI=1S/C22H18N2O5S/c1-12(25)13-4-6-14(7-5-13)16-8-9-17(29-16)21(26)24-22-23-15-10-18(27-2)19(28-3)11-20(15)30-22/h4-11H,1-3H3,(H,23,24,26). The molecule has 0 bridgehead atoms. The van der Waals surface area contributed by atoms with Gasteiger partial charge in [-0.25, -0.2) is 4.98 Å². The van der Waals surface area contributed by atoms with E-state index >= 15 is 0 Å². The number of carbonyl (C=O) groups excluding carboxylic acids is 2. The maximum absolute atomic E-state index is 12.6. The van der Waals surface area contributed by atoms with Gasteiger partial charge in [0, 0.05) is 23.3 Å². The number of anilines is 1. The number of nitrogens with one attached hydrogen (secondary N) is 1. The van der Waals surface area contributed by atoms with Crippen LogP contribution in [0.15, 0.2) is 52.9 Å². The number of hydrogen-bond donors (Lipinski definition) is 1. The Balaban J connectivity index is 1.53. The average molecular weight is 422 g/mol. The van der Waals surface area contributed by atoms with Gasteiger partial charge in [0.05, 0.1) is 24.4 Å². The number of methoxy groups -OCH3 is 2. The zero-order valence-corrected chi connectivity index (χ0v) is 17.3. The Morgan fingerprint density at radius 1 is 1.00 bits per heavy atom. The molecule has 0 unspecified atom stereocenters. The number of aromatic nitrogens is 1. The Morgan fingerprint density at radius 3 is 2.37 bits per heavy atom. The molecule has 0 aliphatic rings. The number of fused-ring (bicyclic) bond motifs is 1. The molecule has 0 spiro atoms. The van der Waals surface area contributed by atoms with Crippen molar-refractivity contribution in [1.82, 2.24) is 4.98 Å². The van der Waals surface area contributed by atoms with Gasteiger partial charge in [-0.15, -0.1) is 0 Å². The molecule has 0 saturated heterocycles. The number of carbonyl (C=O) groups is 2. The van der Waals surface area contributed by atoms with Crippen molar-refractivity contribution in [2.75, 3.05) is 19.5 Å². The molecular formula is C22H18N2O5S. The van der Waals surface area contributed by atoms with Crippen LogP contribution in [0.1, 0.15) is 27.8 Å². The van der Waals surface area contributed by atoms with Crippen LogP contribution in [-0.2, 0) is 0 Å². The molecule has 2 aromatic heterocycles. The van der Waals surface area contributed by atoms with Crippen molar-refractivity contribution < 1.29 is 23.5 Å². The Labute approximate surface area is 176 Å². The van der Waals surface area contributed by atoms with Crippen molar-refractivity contribution in [2.24, 2.45) is 0 Å². The average Bonchev–Trinajstić information content (AvgIpc) is 3.39. The van der Waals surface area contributed by atoms with Crippen LogP contribution in [0, 0.1) is 0 Å². The zero-order valence-electron chi connectivity index (χ0n) is 16.5. The van der Waals surface area contributed by atoms with E-state index in [9.17, 15) is 9.59 Å². The van der Waals surface area contributed by atoms with Gasteiger partial charge in [0.2, 0.25) is 0 Å². The second-order valence-corrected chi connectivity index (χ2v) is 7.48. The summed E-state index contributed by atoms with van der Waals surface area (Å²) in [5.41, 5.74) is 2.09. The van der Waals surface area contributed by atoms with Crippen LogP contribution in [0.3, 0.4) is 0 Å². The van der Waals surface area contributed by atoms with Gasteiger partial charge in [0.1, 0.15) is 5.76 Å². The highest BCUT2D eigenvalue weighted by Gasteiger charge is 2.16. The molecule has 4 rings (SSSR count). The summed E-state index contributed by atoms with van der Waals surface area (Å²) in [6.07, 6.45) is 0. The van der Waals surface area contributed by atoms with E-state index < -0.39 is 5.91 Å². The Morgan fingerprint density at radius 2 is 1.70 bits per heavy atom. The van der Waals surface area contributed by atoms with Gasteiger partial charge in [0.25, 0.3) is 5.91 Å². The maximum Gasteiger partial charge on any atom is 0.293 e. The molecule has 0 saturated carbocycles. The van der Waals surface area contributed by atoms with Crippen molar-refractivity contribution >= 4 is 38.4 Å². The summed E-state index contributed by atoms with van der Waals surface area (Å²) in [7, 11) is 3.12. The van der Waals surface area contributed by atoms with E-state index in [-0.39, 0.29) is 11.5 Å². The van der Waals surface area contributed by atoms with Crippen molar-refractivity contribution in [3.8, 4) is 22.8 Å². The Hall–Kier alpha value is -3.65. The predicted molar refractivity (Wildman–Crippen MR) is 115 cm³/mol. The van der Waals surface area contributed by atoms with Crippen LogP contribution < -0.4 is 14.8 Å². The van der Waals surface area contributed by atoms with E-state index in [2.05, 4.69) is 10.3 Å². The third kappa shape index (κ3) is 3.77. The molecule has 1 amide bonds. The number of rotatable bonds is 6. The third-order valence-electron chi connectivity index (χ3n) is 4.52. The summed E-state index contributed by atoms with van der Waals surface area (Å²) in [5, 5.41) is 3.20. The van der Waals surface area contributed by atoms with Gasteiger partial charge < -0.3 is 13.9 Å². The van der Waals surface area contributed by atoms with Crippen LogP contribution in [-0.4, -0.2) is 30.9 Å². The normalized spacial score (nSPS) is 10.8. The maximum atomic E-state index is 12.6. The fourth-order valence-electron chi connectivity index (χ4n) is 2.95. The lowest BCUT2D eigenvalue weighted by molar-refractivity contribution is 0.0994. The van der Waals surface area contributed by atoms with Crippen molar-refractivity contribution in [3.05, 3.63) is 59.9 Å². The van der Waals surface area contributed by atoms with Gasteiger partial charge >= 0.3 is 0 Å². The van der Waals surface area contributed by atoms with Crippen LogP contribution in [0.2, 0.25) is 0 Å². The summed E-state index contributed by atoms with van der Waals surface area (Å²) in [5.74, 6) is 1.45. The van der Waals surface area contributed by atoms with E-state index in [4.69, 9.17) is 13.9 Å². The fourth-order valence-corrected chi connectivity index (χ4v) is 3.82. The van der Waals surface area contributed by atoms with Gasteiger partial charge in [-0.05, 0) is 19.1 Å². The largest absolute Gasteiger partial charge is 0.493 e. The van der Waals surface area contributed by atoms with E-state index in [0.717, 1.165) is 10.3 Å². The first-order chi connectivity index (χ1) is 14.5. The lowest BCUT2D eigenvalue weighted by Crippen LogP contribution is -2.10. The van der Waals surface area contributed by atoms with Gasteiger partial charge in [-0.3, -0.25) is 14.9 Å². The highest BCUT2D eigenvalue weighted by atomic mass is 32.1. The van der Waals surface area contributed by atoms with E-state index in [0.29, 0.717) is 33.5 Å². The topological polar surface area (TPSA) is 90.7 Å². The zero-order chi connectivity index (χ0) is 21.3. The molecule has 0 fully saturated rings. The number of benzene rings is 2. The third-order valence-corrected chi connectivity index (χ3v) is 5.45. The monoisotopic (exact) mass is 422 g/mol. The molecule has 0 aliphatic heterocycles. The first-order valence-electron chi connectivity index (χ1n) is 9.03. The number of amides is 1. The van der Waals surface area contributed by atoms with Crippen molar-refractivity contribution in [2.45, 2.75) is 6.92 Å². The fraction of sp³-hybridized carbons (Fsp3) is 0.136. The van der Waals surface area contributed by atoms with E-state index in [1.54, 1.807) is 56.7 Å². The number of Topliss-reactive ketones (excluding diaryl/α,β-unsaturated/α-hetero) is 1. The van der Waals surface area contributed by atoms with E-state index in [1.807, 2.05) is 6.07 Å². The summed E-state index contributed by atoms with van der Waals surface area (Å²) in [6.45, 7) is 1.51. The number of hydrogen-bond acceptors (Lipinski definition) is 7. The van der Waals surface area contributed by atoms with Gasteiger partial charge in [0.15, 0.2) is 28.2 Å². The summed E-state index contributed by atoms with van der Waals surface area (Å²) in [4.78, 5) is 28.4. The molecule has 8 heteroatoms. The number of furan rings is 1. The first-order valence-corrected chi connectivity index (χ1v) is 9.85. The van der Waals surface area contributed by atoms with Crippen molar-refractivity contribution in [1.29, 1.82) is 0 Å². The molecule has 7 nitrogen and oxygen atoms in total. The minimum atomic E-state index is -0.403. The van der Waals surface area contributed by atoms with Crippen LogP contribution in [0.5, 0.6) is 11.5 Å². The highest BCUT2D eigenvalue weighted by molar-refractivity contribution is 7.22. The second kappa shape index (κ2) is 8.00. The molecule has 152 valence electrons. The Bertz CT molecular complexity index is 1200. The first kappa shape index (κ1) is 19.7. The summed E-state index contributed by atoms with van der Waals surface area (Å²) in [6, 6.07) is 13.9. The number of ether oxygens (including phenoxy) is 2. The number of thiazole rings is 1. The smallest absolute Gasteiger partial charge is 0.293 e.